The predicted molar refractivity (Wildman–Crippen MR) is 126 cm³/mol. The highest BCUT2D eigenvalue weighted by Crippen LogP contribution is 2.23. The Hall–Kier alpha value is -1.23. The van der Waals surface area contributed by atoms with Gasteiger partial charge in [0.25, 0.3) is 0 Å². The molecule has 1 aliphatic rings. The van der Waals surface area contributed by atoms with Crippen molar-refractivity contribution >= 4 is 41.3 Å². The van der Waals surface area contributed by atoms with Gasteiger partial charge in [-0.25, -0.2) is 4.98 Å². The molecule has 1 aromatic carbocycles. The average molecular weight is 516 g/mol. The molecule has 1 aromatic heterocycles. The number of nitrogens with one attached hydrogen (secondary N) is 2. The molecule has 0 amide bonds. The fourth-order valence-corrected chi connectivity index (χ4v) is 3.70. The van der Waals surface area contributed by atoms with Crippen molar-refractivity contribution < 1.29 is 9.47 Å². The van der Waals surface area contributed by atoms with E-state index in [-0.39, 0.29) is 30.1 Å². The third-order valence-corrected chi connectivity index (χ3v) is 5.26. The number of guanidine groups is 1. The molecule has 0 aliphatic carbocycles. The van der Waals surface area contributed by atoms with E-state index in [1.54, 1.807) is 18.4 Å². The fraction of sp³-hybridized carbons (Fsp3) is 0.500. The number of nitrogens with zero attached hydrogens (tertiary/aromatic N) is 2. The molecule has 0 spiro atoms. The highest BCUT2D eigenvalue weighted by molar-refractivity contribution is 14.0. The maximum Gasteiger partial charge on any atom is 0.190 e. The maximum absolute atomic E-state index is 5.76. The van der Waals surface area contributed by atoms with Gasteiger partial charge in [-0.3, -0.25) is 4.99 Å². The van der Waals surface area contributed by atoms with Gasteiger partial charge in [-0.05, 0) is 12.8 Å². The summed E-state index contributed by atoms with van der Waals surface area (Å²) in [5.74, 6) is 0.817. The molecule has 2 aromatic rings. The summed E-state index contributed by atoms with van der Waals surface area (Å²) < 4.78 is 11.1. The molecule has 1 unspecified atom stereocenters. The number of hydrogen-bond donors (Lipinski definition) is 2. The van der Waals surface area contributed by atoms with Gasteiger partial charge in [0.1, 0.15) is 5.01 Å². The summed E-state index contributed by atoms with van der Waals surface area (Å²) in [6, 6.07) is 10.3. The van der Waals surface area contributed by atoms with E-state index in [4.69, 9.17) is 14.5 Å². The first-order valence-corrected chi connectivity index (χ1v) is 10.4. The molecule has 154 valence electrons. The lowest BCUT2D eigenvalue weighted by molar-refractivity contribution is 0.0420. The number of aromatic nitrogens is 1. The predicted octanol–water partition coefficient (Wildman–Crippen LogP) is 3.33. The van der Waals surface area contributed by atoms with E-state index in [0.717, 1.165) is 68.8 Å². The first-order chi connectivity index (χ1) is 13.3. The number of benzene rings is 1. The van der Waals surface area contributed by atoms with Crippen LogP contribution in [0.4, 0.5) is 0 Å². The Labute approximate surface area is 188 Å². The highest BCUT2D eigenvalue weighted by Gasteiger charge is 2.15. The third-order valence-electron chi connectivity index (χ3n) is 4.32. The van der Waals surface area contributed by atoms with E-state index in [1.165, 1.54) is 5.56 Å². The second kappa shape index (κ2) is 13.1. The molecule has 8 heteroatoms. The van der Waals surface area contributed by atoms with Crippen LogP contribution in [0.3, 0.4) is 0 Å². The van der Waals surface area contributed by atoms with E-state index >= 15 is 0 Å². The van der Waals surface area contributed by atoms with Crippen molar-refractivity contribution in [3.63, 3.8) is 0 Å². The molecule has 6 nitrogen and oxygen atoms in total. The first kappa shape index (κ1) is 23.1. The van der Waals surface area contributed by atoms with Crippen LogP contribution in [0, 0.1) is 0 Å². The summed E-state index contributed by atoms with van der Waals surface area (Å²) in [7, 11) is 1.79. The van der Waals surface area contributed by atoms with Gasteiger partial charge in [0.2, 0.25) is 0 Å². The van der Waals surface area contributed by atoms with Crippen LogP contribution >= 0.6 is 35.3 Å². The van der Waals surface area contributed by atoms with Gasteiger partial charge in [-0.1, -0.05) is 30.3 Å². The zero-order chi connectivity index (χ0) is 18.7. The van der Waals surface area contributed by atoms with Crippen molar-refractivity contribution in [3.8, 4) is 10.6 Å². The summed E-state index contributed by atoms with van der Waals surface area (Å²) in [4.78, 5) is 8.98. The summed E-state index contributed by atoms with van der Waals surface area (Å²) >= 11 is 1.69. The van der Waals surface area contributed by atoms with Crippen LogP contribution in [0.5, 0.6) is 0 Å². The molecule has 2 N–H and O–H groups in total. The lowest BCUT2D eigenvalue weighted by atomic mass is 10.2. The average Bonchev–Trinajstić information content (AvgIpc) is 3.39. The molecule has 0 saturated carbocycles. The van der Waals surface area contributed by atoms with Gasteiger partial charge in [0, 0.05) is 50.7 Å². The maximum atomic E-state index is 5.76. The minimum Gasteiger partial charge on any atom is -0.379 e. The molecular weight excluding hydrogens is 487 g/mol. The zero-order valence-corrected chi connectivity index (χ0v) is 19.4. The number of rotatable bonds is 9. The molecule has 1 aliphatic heterocycles. The van der Waals surface area contributed by atoms with Gasteiger partial charge in [0.05, 0.1) is 18.4 Å². The molecule has 0 bridgehead atoms. The first-order valence-electron chi connectivity index (χ1n) is 9.49. The second-order valence-electron chi connectivity index (χ2n) is 6.40. The topological polar surface area (TPSA) is 67.8 Å². The molecule has 2 heterocycles. The van der Waals surface area contributed by atoms with Crippen molar-refractivity contribution in [2.24, 2.45) is 4.99 Å². The normalized spacial score (nSPS) is 16.6. The van der Waals surface area contributed by atoms with Crippen molar-refractivity contribution in [2.75, 3.05) is 40.0 Å². The Morgan fingerprint density at radius 3 is 2.86 bits per heavy atom. The van der Waals surface area contributed by atoms with Gasteiger partial charge in [-0.2, -0.15) is 0 Å². The lowest BCUT2D eigenvalue weighted by Crippen LogP contribution is -2.39. The molecule has 1 atom stereocenters. The standard InChI is InChI=1S/C20H28N4O2S.HI/c1-21-20(22-10-5-12-26-18-9-13-25-14-18)23-11-8-17-15-27-19(24-17)16-6-3-2-4-7-16;/h2-4,6-7,15,18H,5,8-14H2,1H3,(H2,21,22,23);1H. The fourth-order valence-electron chi connectivity index (χ4n) is 2.84. The van der Waals surface area contributed by atoms with Crippen LogP contribution in [0.15, 0.2) is 40.7 Å². The second-order valence-corrected chi connectivity index (χ2v) is 7.25. The molecule has 0 radical (unpaired) electrons. The Morgan fingerprint density at radius 1 is 1.29 bits per heavy atom. The van der Waals surface area contributed by atoms with E-state index in [1.807, 2.05) is 18.2 Å². The number of hydrogen-bond acceptors (Lipinski definition) is 5. The smallest absolute Gasteiger partial charge is 0.190 e. The van der Waals surface area contributed by atoms with Crippen LogP contribution in [-0.2, 0) is 15.9 Å². The van der Waals surface area contributed by atoms with E-state index in [0.29, 0.717) is 0 Å². The van der Waals surface area contributed by atoms with Gasteiger partial charge in [0.15, 0.2) is 5.96 Å². The van der Waals surface area contributed by atoms with Crippen molar-refractivity contribution in [1.29, 1.82) is 0 Å². The van der Waals surface area contributed by atoms with E-state index in [2.05, 4.69) is 33.1 Å². The van der Waals surface area contributed by atoms with E-state index in [9.17, 15) is 0 Å². The summed E-state index contributed by atoms with van der Waals surface area (Å²) in [6.45, 7) is 3.94. The number of aliphatic imine (C=N–C) groups is 1. The zero-order valence-electron chi connectivity index (χ0n) is 16.2. The Morgan fingerprint density at radius 2 is 2.11 bits per heavy atom. The largest absolute Gasteiger partial charge is 0.379 e. The van der Waals surface area contributed by atoms with Crippen molar-refractivity contribution in [1.82, 2.24) is 15.6 Å². The number of halogens is 1. The van der Waals surface area contributed by atoms with Crippen LogP contribution in [0.2, 0.25) is 0 Å². The van der Waals surface area contributed by atoms with Gasteiger partial charge >= 0.3 is 0 Å². The summed E-state index contributed by atoms with van der Waals surface area (Å²) in [5.41, 5.74) is 2.28. The Kier molecular flexibility index (Phi) is 10.8. The van der Waals surface area contributed by atoms with Crippen LogP contribution in [-0.4, -0.2) is 57.0 Å². The molecule has 28 heavy (non-hydrogen) atoms. The van der Waals surface area contributed by atoms with E-state index < -0.39 is 0 Å². The minimum absolute atomic E-state index is 0. The number of thiazole rings is 1. The highest BCUT2D eigenvalue weighted by atomic mass is 127. The SMILES string of the molecule is CN=C(NCCCOC1CCOC1)NCCc1csc(-c2ccccc2)n1.I. The summed E-state index contributed by atoms with van der Waals surface area (Å²) in [6.07, 6.45) is 3.11. The lowest BCUT2D eigenvalue weighted by Gasteiger charge is -2.13. The van der Waals surface area contributed by atoms with Gasteiger partial charge in [-0.15, -0.1) is 35.3 Å². The van der Waals surface area contributed by atoms with Crippen molar-refractivity contribution in [2.45, 2.75) is 25.4 Å². The molecule has 1 saturated heterocycles. The number of ether oxygens (including phenoxy) is 2. The Balaban J connectivity index is 0.00000280. The van der Waals surface area contributed by atoms with Gasteiger partial charge < -0.3 is 20.1 Å². The third kappa shape index (κ3) is 7.65. The molecular formula is C20H29IN4O2S. The van der Waals surface area contributed by atoms with Crippen molar-refractivity contribution in [3.05, 3.63) is 41.4 Å². The Bertz CT molecular complexity index is 705. The monoisotopic (exact) mass is 516 g/mol. The van der Waals surface area contributed by atoms with Crippen LogP contribution in [0.1, 0.15) is 18.5 Å². The molecule has 1 fully saturated rings. The summed E-state index contributed by atoms with van der Waals surface area (Å²) in [5, 5.41) is 9.86. The van der Waals surface area contributed by atoms with Crippen LogP contribution in [0.25, 0.3) is 10.6 Å². The van der Waals surface area contributed by atoms with Crippen LogP contribution < -0.4 is 10.6 Å². The molecule has 3 rings (SSSR count). The quantitative estimate of drug-likeness (QED) is 0.232. The minimum atomic E-state index is 0.